The zero-order valence-electron chi connectivity index (χ0n) is 8.57. The summed E-state index contributed by atoms with van der Waals surface area (Å²) in [6.07, 6.45) is 3.01. The predicted octanol–water partition coefficient (Wildman–Crippen LogP) is 1.97. The van der Waals surface area contributed by atoms with Crippen LogP contribution >= 0.6 is 0 Å². The van der Waals surface area contributed by atoms with Gasteiger partial charge in [0.1, 0.15) is 6.29 Å². The summed E-state index contributed by atoms with van der Waals surface area (Å²) in [6, 6.07) is 9.95. The van der Waals surface area contributed by atoms with Crippen LogP contribution in [0.1, 0.15) is 24.3 Å². The van der Waals surface area contributed by atoms with Crippen molar-refractivity contribution < 1.29 is 4.79 Å². The van der Waals surface area contributed by atoms with Crippen molar-refractivity contribution in [1.82, 2.24) is 5.32 Å². The predicted molar refractivity (Wildman–Crippen MR) is 58.4 cm³/mol. The Hall–Kier alpha value is -1.15. The maximum atomic E-state index is 10.9. The van der Waals surface area contributed by atoms with E-state index in [2.05, 4.69) is 5.32 Å². The minimum absolute atomic E-state index is 0.0598. The third kappa shape index (κ3) is 3.30. The Balaban J connectivity index is 2.50. The maximum absolute atomic E-state index is 10.9. The summed E-state index contributed by atoms with van der Waals surface area (Å²) in [7, 11) is 1.93. The molecule has 76 valence electrons. The van der Waals surface area contributed by atoms with Gasteiger partial charge in [0.05, 0.1) is 0 Å². The van der Waals surface area contributed by atoms with Gasteiger partial charge in [0.25, 0.3) is 0 Å². The van der Waals surface area contributed by atoms with E-state index in [1.165, 1.54) is 0 Å². The molecule has 0 bridgehead atoms. The van der Waals surface area contributed by atoms with E-state index >= 15 is 0 Å². The number of hydrogen-bond donors (Lipinski definition) is 1. The summed E-state index contributed by atoms with van der Waals surface area (Å²) < 4.78 is 0. The van der Waals surface area contributed by atoms with E-state index in [1.54, 1.807) is 0 Å². The van der Waals surface area contributed by atoms with Gasteiger partial charge in [0.2, 0.25) is 0 Å². The van der Waals surface area contributed by atoms with Crippen LogP contribution in [0.4, 0.5) is 0 Å². The Morgan fingerprint density at radius 2 is 2.07 bits per heavy atom. The first-order valence-electron chi connectivity index (χ1n) is 5.03. The van der Waals surface area contributed by atoms with Gasteiger partial charge in [0.15, 0.2) is 0 Å². The quantitative estimate of drug-likeness (QED) is 0.550. The first kappa shape index (κ1) is 10.9. The van der Waals surface area contributed by atoms with Gasteiger partial charge in [-0.2, -0.15) is 0 Å². The lowest BCUT2D eigenvalue weighted by Crippen LogP contribution is -2.10. The molecule has 0 aliphatic rings. The second-order valence-electron chi connectivity index (χ2n) is 3.40. The monoisotopic (exact) mass is 191 g/mol. The van der Waals surface area contributed by atoms with Crippen LogP contribution in [0, 0.1) is 0 Å². The zero-order valence-corrected chi connectivity index (χ0v) is 8.57. The third-order valence-electron chi connectivity index (χ3n) is 2.33. The number of rotatable bonds is 6. The van der Waals surface area contributed by atoms with E-state index < -0.39 is 0 Å². The summed E-state index contributed by atoms with van der Waals surface area (Å²) in [4.78, 5) is 10.9. The molecule has 0 amide bonds. The number of benzene rings is 1. The highest BCUT2D eigenvalue weighted by Gasteiger charge is 2.08. The van der Waals surface area contributed by atoms with E-state index in [4.69, 9.17) is 0 Å². The fourth-order valence-electron chi connectivity index (χ4n) is 1.51. The van der Waals surface area contributed by atoms with Crippen LogP contribution in [0.3, 0.4) is 0 Å². The molecule has 1 atom stereocenters. The Bertz CT molecular complexity index is 258. The van der Waals surface area contributed by atoms with E-state index in [9.17, 15) is 4.79 Å². The number of hydrogen-bond acceptors (Lipinski definition) is 2. The molecule has 1 aromatic rings. The van der Waals surface area contributed by atoms with E-state index in [1.807, 2.05) is 37.4 Å². The molecule has 2 heteroatoms. The van der Waals surface area contributed by atoms with Gasteiger partial charge in [-0.05, 0) is 32.0 Å². The third-order valence-corrected chi connectivity index (χ3v) is 2.33. The van der Waals surface area contributed by atoms with Crippen molar-refractivity contribution in [3.8, 4) is 0 Å². The summed E-state index contributed by atoms with van der Waals surface area (Å²) >= 11 is 0. The SMILES string of the molecule is CNCCCC(C=O)c1ccccc1. The molecule has 0 heterocycles. The Morgan fingerprint density at radius 3 is 2.64 bits per heavy atom. The topological polar surface area (TPSA) is 29.1 Å². The molecule has 1 unspecified atom stereocenters. The molecule has 0 aromatic heterocycles. The average molecular weight is 191 g/mol. The van der Waals surface area contributed by atoms with Gasteiger partial charge in [-0.15, -0.1) is 0 Å². The molecule has 0 aliphatic heterocycles. The molecule has 0 saturated carbocycles. The molecule has 14 heavy (non-hydrogen) atoms. The zero-order chi connectivity index (χ0) is 10.2. The standard InChI is InChI=1S/C12H17NO/c1-13-9-5-8-12(10-14)11-6-3-2-4-7-11/h2-4,6-7,10,12-13H,5,8-9H2,1H3. The summed E-state index contributed by atoms with van der Waals surface area (Å²) in [5.74, 6) is 0.0598. The van der Waals surface area contributed by atoms with Crippen molar-refractivity contribution in [3.63, 3.8) is 0 Å². The molecule has 1 rings (SSSR count). The van der Waals surface area contributed by atoms with E-state index in [0.29, 0.717) is 0 Å². The van der Waals surface area contributed by atoms with Crippen LogP contribution in [0.25, 0.3) is 0 Å². The molecule has 1 N–H and O–H groups in total. The Labute approximate surface area is 85.3 Å². The highest BCUT2D eigenvalue weighted by Crippen LogP contribution is 2.17. The average Bonchev–Trinajstić information content (AvgIpc) is 2.26. The molecule has 0 aliphatic carbocycles. The summed E-state index contributed by atoms with van der Waals surface area (Å²) in [5, 5.41) is 3.08. The molecular weight excluding hydrogens is 174 g/mol. The summed E-state index contributed by atoms with van der Waals surface area (Å²) in [5.41, 5.74) is 1.12. The van der Waals surface area contributed by atoms with Gasteiger partial charge in [-0.1, -0.05) is 30.3 Å². The molecule has 1 aromatic carbocycles. The van der Waals surface area contributed by atoms with Crippen LogP contribution in [-0.2, 0) is 4.79 Å². The van der Waals surface area contributed by atoms with Crippen molar-refractivity contribution in [3.05, 3.63) is 35.9 Å². The van der Waals surface area contributed by atoms with Crippen molar-refractivity contribution in [1.29, 1.82) is 0 Å². The minimum atomic E-state index is 0.0598. The smallest absolute Gasteiger partial charge is 0.127 e. The van der Waals surface area contributed by atoms with Gasteiger partial charge in [0, 0.05) is 5.92 Å². The van der Waals surface area contributed by atoms with Gasteiger partial charge >= 0.3 is 0 Å². The molecular formula is C12H17NO. The van der Waals surface area contributed by atoms with E-state index in [0.717, 1.165) is 31.2 Å². The highest BCUT2D eigenvalue weighted by atomic mass is 16.1. The highest BCUT2D eigenvalue weighted by molar-refractivity contribution is 5.61. The Morgan fingerprint density at radius 1 is 1.36 bits per heavy atom. The van der Waals surface area contributed by atoms with Crippen LogP contribution in [-0.4, -0.2) is 19.9 Å². The minimum Gasteiger partial charge on any atom is -0.320 e. The van der Waals surface area contributed by atoms with Crippen LogP contribution < -0.4 is 5.32 Å². The second-order valence-corrected chi connectivity index (χ2v) is 3.40. The second kappa shape index (κ2) is 6.33. The normalized spacial score (nSPS) is 12.4. The maximum Gasteiger partial charge on any atom is 0.127 e. The van der Waals surface area contributed by atoms with Gasteiger partial charge < -0.3 is 10.1 Å². The van der Waals surface area contributed by atoms with Gasteiger partial charge in [-0.3, -0.25) is 0 Å². The fraction of sp³-hybridized carbons (Fsp3) is 0.417. The first-order chi connectivity index (χ1) is 6.88. The number of carbonyl (C=O) groups excluding carboxylic acids is 1. The lowest BCUT2D eigenvalue weighted by atomic mass is 9.96. The molecule has 0 fully saturated rings. The number of carbonyl (C=O) groups is 1. The fourth-order valence-corrected chi connectivity index (χ4v) is 1.51. The van der Waals surface area contributed by atoms with Crippen molar-refractivity contribution in [2.75, 3.05) is 13.6 Å². The van der Waals surface area contributed by atoms with Crippen molar-refractivity contribution in [2.24, 2.45) is 0 Å². The van der Waals surface area contributed by atoms with Crippen LogP contribution in [0.15, 0.2) is 30.3 Å². The molecule has 2 nitrogen and oxygen atoms in total. The lowest BCUT2D eigenvalue weighted by Gasteiger charge is -2.09. The van der Waals surface area contributed by atoms with Crippen LogP contribution in [0.2, 0.25) is 0 Å². The lowest BCUT2D eigenvalue weighted by molar-refractivity contribution is -0.109. The largest absolute Gasteiger partial charge is 0.320 e. The van der Waals surface area contributed by atoms with Crippen molar-refractivity contribution >= 4 is 6.29 Å². The van der Waals surface area contributed by atoms with Crippen molar-refractivity contribution in [2.45, 2.75) is 18.8 Å². The first-order valence-corrected chi connectivity index (χ1v) is 5.03. The molecule has 0 radical (unpaired) electrons. The Kier molecular flexibility index (Phi) is 4.94. The molecule has 0 spiro atoms. The number of aldehydes is 1. The summed E-state index contributed by atoms with van der Waals surface area (Å²) in [6.45, 7) is 0.969. The van der Waals surface area contributed by atoms with E-state index in [-0.39, 0.29) is 5.92 Å². The van der Waals surface area contributed by atoms with Gasteiger partial charge in [-0.25, -0.2) is 0 Å². The molecule has 0 saturated heterocycles. The van der Waals surface area contributed by atoms with Crippen LogP contribution in [0.5, 0.6) is 0 Å². The number of nitrogens with one attached hydrogen (secondary N) is 1.